The first-order valence-electron chi connectivity index (χ1n) is 6.07. The molecule has 19 heavy (non-hydrogen) atoms. The minimum atomic E-state index is 0.273. The molecule has 4 nitrogen and oxygen atoms in total. The van der Waals surface area contributed by atoms with Gasteiger partial charge in [-0.1, -0.05) is 32.0 Å². The van der Waals surface area contributed by atoms with Gasteiger partial charge >= 0.3 is 0 Å². The number of rotatable bonds is 4. The summed E-state index contributed by atoms with van der Waals surface area (Å²) >= 11 is 3.42. The van der Waals surface area contributed by atoms with Gasteiger partial charge in [0.05, 0.1) is 10.2 Å². The van der Waals surface area contributed by atoms with E-state index in [0.29, 0.717) is 18.2 Å². The number of nitrogen functional groups attached to an aromatic ring is 1. The standard InChI is InChI=1S/C14H16BrN3O/c1-9(2)13-12(15)14(16)18-11(17-13)8-19-10-6-4-3-5-7-10/h3-7,9H,8H2,1-2H3,(H2,16,17,18). The van der Waals surface area contributed by atoms with Crippen molar-refractivity contribution in [2.45, 2.75) is 26.4 Å². The Morgan fingerprint density at radius 1 is 1.21 bits per heavy atom. The molecule has 0 saturated carbocycles. The van der Waals surface area contributed by atoms with Gasteiger partial charge in [0.1, 0.15) is 18.2 Å². The SMILES string of the molecule is CC(C)c1nc(COc2ccccc2)nc(N)c1Br. The molecule has 0 radical (unpaired) electrons. The number of halogens is 1. The van der Waals surface area contributed by atoms with Crippen LogP contribution in [0.2, 0.25) is 0 Å². The lowest BCUT2D eigenvalue weighted by molar-refractivity contribution is 0.295. The van der Waals surface area contributed by atoms with Crippen LogP contribution in [0.25, 0.3) is 0 Å². The highest BCUT2D eigenvalue weighted by atomic mass is 79.9. The van der Waals surface area contributed by atoms with Gasteiger partial charge in [0.15, 0.2) is 5.82 Å². The first-order valence-corrected chi connectivity index (χ1v) is 6.87. The summed E-state index contributed by atoms with van der Waals surface area (Å²) in [4.78, 5) is 8.71. The third-order valence-electron chi connectivity index (χ3n) is 2.61. The molecule has 100 valence electrons. The van der Waals surface area contributed by atoms with E-state index < -0.39 is 0 Å². The van der Waals surface area contributed by atoms with Crippen LogP contribution in [0.3, 0.4) is 0 Å². The van der Waals surface area contributed by atoms with Crippen LogP contribution in [0.5, 0.6) is 5.75 Å². The van der Waals surface area contributed by atoms with E-state index in [0.717, 1.165) is 15.9 Å². The Kier molecular flexibility index (Phi) is 4.37. The smallest absolute Gasteiger partial charge is 0.168 e. The summed E-state index contributed by atoms with van der Waals surface area (Å²) in [7, 11) is 0. The first-order chi connectivity index (χ1) is 9.08. The predicted octanol–water partition coefficient (Wildman–Crippen LogP) is 3.52. The molecular weight excluding hydrogens is 306 g/mol. The van der Waals surface area contributed by atoms with Gasteiger partial charge in [-0.25, -0.2) is 9.97 Å². The van der Waals surface area contributed by atoms with Crippen molar-refractivity contribution in [2.75, 3.05) is 5.73 Å². The molecule has 0 saturated heterocycles. The number of nitrogens with two attached hydrogens (primary N) is 1. The zero-order valence-electron chi connectivity index (χ0n) is 10.9. The molecule has 1 heterocycles. The van der Waals surface area contributed by atoms with E-state index in [1.807, 2.05) is 30.3 Å². The van der Waals surface area contributed by atoms with Gasteiger partial charge < -0.3 is 10.5 Å². The van der Waals surface area contributed by atoms with Crippen LogP contribution < -0.4 is 10.5 Å². The second-order valence-electron chi connectivity index (χ2n) is 4.48. The number of ether oxygens (including phenoxy) is 1. The number of para-hydroxylation sites is 1. The van der Waals surface area contributed by atoms with Gasteiger partial charge in [-0.05, 0) is 34.0 Å². The van der Waals surface area contributed by atoms with Crippen molar-refractivity contribution >= 4 is 21.7 Å². The lowest BCUT2D eigenvalue weighted by Gasteiger charge is -2.12. The number of aromatic nitrogens is 2. The maximum Gasteiger partial charge on any atom is 0.168 e. The fourth-order valence-electron chi connectivity index (χ4n) is 1.64. The van der Waals surface area contributed by atoms with E-state index in [1.165, 1.54) is 0 Å². The highest BCUT2D eigenvalue weighted by molar-refractivity contribution is 9.10. The predicted molar refractivity (Wildman–Crippen MR) is 79.0 cm³/mol. The molecule has 0 atom stereocenters. The summed E-state index contributed by atoms with van der Waals surface area (Å²) in [5.74, 6) is 2.10. The van der Waals surface area contributed by atoms with Gasteiger partial charge in [-0.3, -0.25) is 0 Å². The molecule has 0 unspecified atom stereocenters. The summed E-state index contributed by atoms with van der Waals surface area (Å²) < 4.78 is 6.40. The molecule has 1 aromatic heterocycles. The molecule has 1 aromatic carbocycles. The van der Waals surface area contributed by atoms with Crippen molar-refractivity contribution in [3.05, 3.63) is 46.3 Å². The first kappa shape index (κ1) is 13.8. The molecule has 5 heteroatoms. The van der Waals surface area contributed by atoms with Crippen molar-refractivity contribution in [1.82, 2.24) is 9.97 Å². The molecule has 0 aliphatic rings. The van der Waals surface area contributed by atoms with E-state index in [1.54, 1.807) is 0 Å². The monoisotopic (exact) mass is 321 g/mol. The van der Waals surface area contributed by atoms with Crippen LogP contribution in [-0.4, -0.2) is 9.97 Å². The Labute approximate surface area is 121 Å². The van der Waals surface area contributed by atoms with Gasteiger partial charge in [0.25, 0.3) is 0 Å². The lowest BCUT2D eigenvalue weighted by Crippen LogP contribution is -2.09. The fraction of sp³-hybridized carbons (Fsp3) is 0.286. The van der Waals surface area contributed by atoms with Crippen LogP contribution in [0.15, 0.2) is 34.8 Å². The van der Waals surface area contributed by atoms with Crippen molar-refractivity contribution in [3.8, 4) is 5.75 Å². The van der Waals surface area contributed by atoms with Crippen LogP contribution >= 0.6 is 15.9 Å². The van der Waals surface area contributed by atoms with Crippen LogP contribution in [0.1, 0.15) is 31.3 Å². The third-order valence-corrected chi connectivity index (χ3v) is 3.42. The zero-order chi connectivity index (χ0) is 13.8. The van der Waals surface area contributed by atoms with Crippen LogP contribution in [0.4, 0.5) is 5.82 Å². The Morgan fingerprint density at radius 2 is 1.89 bits per heavy atom. The molecular formula is C14H16BrN3O. The number of benzene rings is 1. The summed E-state index contributed by atoms with van der Waals surface area (Å²) in [5.41, 5.74) is 6.78. The molecule has 2 N–H and O–H groups in total. The minimum Gasteiger partial charge on any atom is -0.486 e. The number of hydrogen-bond donors (Lipinski definition) is 1. The third kappa shape index (κ3) is 3.44. The lowest BCUT2D eigenvalue weighted by atomic mass is 10.1. The highest BCUT2D eigenvalue weighted by Crippen LogP contribution is 2.27. The van der Waals surface area contributed by atoms with Crippen molar-refractivity contribution < 1.29 is 4.74 Å². The van der Waals surface area contributed by atoms with Gasteiger partial charge in [0, 0.05) is 0 Å². The zero-order valence-corrected chi connectivity index (χ0v) is 12.5. The second-order valence-corrected chi connectivity index (χ2v) is 5.27. The van der Waals surface area contributed by atoms with Gasteiger partial charge in [-0.2, -0.15) is 0 Å². The Balaban J connectivity index is 2.17. The number of anilines is 1. The Bertz CT molecular complexity index is 558. The molecule has 0 bridgehead atoms. The van der Waals surface area contributed by atoms with Gasteiger partial charge in [0.2, 0.25) is 0 Å². The second kappa shape index (κ2) is 6.02. The molecule has 0 aliphatic carbocycles. The number of nitrogens with zero attached hydrogens (tertiary/aromatic N) is 2. The van der Waals surface area contributed by atoms with E-state index >= 15 is 0 Å². The molecule has 0 spiro atoms. The average molecular weight is 322 g/mol. The van der Waals surface area contributed by atoms with Crippen molar-refractivity contribution in [2.24, 2.45) is 0 Å². The molecule has 2 aromatic rings. The normalized spacial score (nSPS) is 10.7. The van der Waals surface area contributed by atoms with E-state index in [9.17, 15) is 0 Å². The van der Waals surface area contributed by atoms with E-state index in [2.05, 4.69) is 39.7 Å². The summed E-state index contributed by atoms with van der Waals surface area (Å²) in [6, 6.07) is 9.58. The fourth-order valence-corrected chi connectivity index (χ4v) is 2.28. The molecule has 0 fully saturated rings. The maximum atomic E-state index is 5.87. The maximum absolute atomic E-state index is 5.87. The average Bonchev–Trinajstić information content (AvgIpc) is 2.41. The van der Waals surface area contributed by atoms with Crippen molar-refractivity contribution in [1.29, 1.82) is 0 Å². The Hall–Kier alpha value is -1.62. The number of hydrogen-bond acceptors (Lipinski definition) is 4. The quantitative estimate of drug-likeness (QED) is 0.935. The molecule has 0 aliphatic heterocycles. The Morgan fingerprint density at radius 3 is 2.53 bits per heavy atom. The summed E-state index contributed by atoms with van der Waals surface area (Å²) in [5, 5.41) is 0. The molecule has 0 amide bonds. The van der Waals surface area contributed by atoms with E-state index in [-0.39, 0.29) is 5.92 Å². The van der Waals surface area contributed by atoms with Crippen LogP contribution in [0, 0.1) is 0 Å². The summed E-state index contributed by atoms with van der Waals surface area (Å²) in [6.07, 6.45) is 0. The largest absolute Gasteiger partial charge is 0.486 e. The highest BCUT2D eigenvalue weighted by Gasteiger charge is 2.13. The topological polar surface area (TPSA) is 61.0 Å². The van der Waals surface area contributed by atoms with E-state index in [4.69, 9.17) is 10.5 Å². The van der Waals surface area contributed by atoms with Gasteiger partial charge in [-0.15, -0.1) is 0 Å². The summed E-state index contributed by atoms with van der Waals surface area (Å²) in [6.45, 7) is 4.43. The van der Waals surface area contributed by atoms with Crippen LogP contribution in [-0.2, 0) is 6.61 Å². The molecule has 2 rings (SSSR count). The van der Waals surface area contributed by atoms with Crippen molar-refractivity contribution in [3.63, 3.8) is 0 Å². The minimum absolute atomic E-state index is 0.273.